The van der Waals surface area contributed by atoms with E-state index in [1.807, 2.05) is 19.9 Å². The molecule has 0 aliphatic heterocycles. The Kier molecular flexibility index (Phi) is 3.55. The van der Waals surface area contributed by atoms with Crippen LogP contribution >= 0.6 is 0 Å². The van der Waals surface area contributed by atoms with Crippen LogP contribution in [0.1, 0.15) is 22.7 Å². The SMILES string of the molecule is COc1c(C)c(C)cc([C@@H](N)CN)c1O. The number of aryl methyl sites for hydroxylation is 1. The lowest BCUT2D eigenvalue weighted by Crippen LogP contribution is -2.21. The monoisotopic (exact) mass is 210 g/mol. The third-order valence-electron chi connectivity index (χ3n) is 2.65. The summed E-state index contributed by atoms with van der Waals surface area (Å²) in [6.07, 6.45) is 0. The van der Waals surface area contributed by atoms with Gasteiger partial charge in [0.2, 0.25) is 0 Å². The van der Waals surface area contributed by atoms with E-state index in [1.54, 1.807) is 0 Å². The summed E-state index contributed by atoms with van der Waals surface area (Å²) in [5.41, 5.74) is 13.9. The van der Waals surface area contributed by atoms with Crippen LogP contribution in [0, 0.1) is 13.8 Å². The molecule has 0 spiro atoms. The predicted molar refractivity (Wildman–Crippen MR) is 60.1 cm³/mol. The van der Waals surface area contributed by atoms with Crippen molar-refractivity contribution in [1.29, 1.82) is 0 Å². The fourth-order valence-corrected chi connectivity index (χ4v) is 1.56. The van der Waals surface area contributed by atoms with Gasteiger partial charge in [0.15, 0.2) is 11.5 Å². The zero-order valence-electron chi connectivity index (χ0n) is 9.37. The van der Waals surface area contributed by atoms with E-state index < -0.39 is 0 Å². The molecule has 0 aliphatic carbocycles. The summed E-state index contributed by atoms with van der Waals surface area (Å²) in [6, 6.07) is 1.49. The van der Waals surface area contributed by atoms with E-state index in [9.17, 15) is 5.11 Å². The number of methoxy groups -OCH3 is 1. The second-order valence-electron chi connectivity index (χ2n) is 3.63. The topological polar surface area (TPSA) is 81.5 Å². The van der Waals surface area contributed by atoms with Crippen molar-refractivity contribution in [3.05, 3.63) is 22.8 Å². The van der Waals surface area contributed by atoms with Crippen molar-refractivity contribution in [2.75, 3.05) is 13.7 Å². The van der Waals surface area contributed by atoms with Crippen LogP contribution in [-0.2, 0) is 0 Å². The Labute approximate surface area is 89.8 Å². The smallest absolute Gasteiger partial charge is 0.163 e. The molecule has 0 saturated carbocycles. The van der Waals surface area contributed by atoms with Gasteiger partial charge in [0, 0.05) is 18.2 Å². The number of nitrogens with two attached hydrogens (primary N) is 2. The fraction of sp³-hybridized carbons (Fsp3) is 0.455. The normalized spacial score (nSPS) is 12.6. The van der Waals surface area contributed by atoms with E-state index in [0.29, 0.717) is 17.9 Å². The molecule has 0 radical (unpaired) electrons. The number of ether oxygens (including phenoxy) is 1. The summed E-state index contributed by atoms with van der Waals surface area (Å²) in [5, 5.41) is 9.94. The van der Waals surface area contributed by atoms with Gasteiger partial charge < -0.3 is 21.3 Å². The van der Waals surface area contributed by atoms with Crippen LogP contribution in [0.15, 0.2) is 6.07 Å². The Morgan fingerprint density at radius 2 is 2.07 bits per heavy atom. The van der Waals surface area contributed by atoms with Gasteiger partial charge in [0.1, 0.15) is 0 Å². The first-order valence-corrected chi connectivity index (χ1v) is 4.85. The van der Waals surface area contributed by atoms with Gasteiger partial charge >= 0.3 is 0 Å². The highest BCUT2D eigenvalue weighted by Crippen LogP contribution is 2.37. The molecule has 0 bridgehead atoms. The molecule has 1 atom stereocenters. The van der Waals surface area contributed by atoms with Crippen LogP contribution in [-0.4, -0.2) is 18.8 Å². The molecule has 4 nitrogen and oxygen atoms in total. The molecule has 84 valence electrons. The summed E-state index contributed by atoms with van der Waals surface area (Å²) in [4.78, 5) is 0. The van der Waals surface area contributed by atoms with Crippen LogP contribution in [0.25, 0.3) is 0 Å². The molecule has 0 amide bonds. The highest BCUT2D eigenvalue weighted by molar-refractivity contribution is 5.55. The lowest BCUT2D eigenvalue weighted by Gasteiger charge is -2.17. The second-order valence-corrected chi connectivity index (χ2v) is 3.63. The average Bonchev–Trinajstić information content (AvgIpc) is 2.23. The molecule has 1 aromatic rings. The number of rotatable bonds is 3. The standard InChI is InChI=1S/C11H18N2O2/c1-6-4-8(9(13)5-12)10(14)11(15-3)7(6)2/h4,9,14H,5,12-13H2,1-3H3/t9-/m0/s1. The minimum absolute atomic E-state index is 0.0959. The average molecular weight is 210 g/mol. The minimum atomic E-state index is -0.363. The van der Waals surface area contributed by atoms with Gasteiger partial charge in [-0.2, -0.15) is 0 Å². The number of phenolic OH excluding ortho intramolecular Hbond substituents is 1. The van der Waals surface area contributed by atoms with Gasteiger partial charge in [-0.05, 0) is 25.0 Å². The van der Waals surface area contributed by atoms with Gasteiger partial charge in [-0.1, -0.05) is 6.07 Å². The highest BCUT2D eigenvalue weighted by Gasteiger charge is 2.17. The molecule has 0 aliphatic rings. The minimum Gasteiger partial charge on any atom is -0.504 e. The van der Waals surface area contributed by atoms with Gasteiger partial charge in [-0.15, -0.1) is 0 Å². The molecule has 0 unspecified atom stereocenters. The molecule has 4 heteroatoms. The zero-order chi connectivity index (χ0) is 11.6. The Balaban J connectivity index is 3.36. The quantitative estimate of drug-likeness (QED) is 0.694. The van der Waals surface area contributed by atoms with Crippen LogP contribution in [0.2, 0.25) is 0 Å². The Bertz CT molecular complexity index is 364. The third-order valence-corrected chi connectivity index (χ3v) is 2.65. The molecule has 1 aromatic carbocycles. The lowest BCUT2D eigenvalue weighted by molar-refractivity contribution is 0.365. The van der Waals surface area contributed by atoms with Crippen LogP contribution < -0.4 is 16.2 Å². The molecule has 1 rings (SSSR count). The van der Waals surface area contributed by atoms with E-state index in [0.717, 1.165) is 11.1 Å². The van der Waals surface area contributed by atoms with E-state index in [1.165, 1.54) is 7.11 Å². The second kappa shape index (κ2) is 4.51. The molecular weight excluding hydrogens is 192 g/mol. The van der Waals surface area contributed by atoms with E-state index in [2.05, 4.69) is 0 Å². The Morgan fingerprint density at radius 3 is 2.53 bits per heavy atom. The molecule has 0 heterocycles. The van der Waals surface area contributed by atoms with Crippen molar-refractivity contribution < 1.29 is 9.84 Å². The van der Waals surface area contributed by atoms with E-state index >= 15 is 0 Å². The number of hydrogen-bond acceptors (Lipinski definition) is 4. The fourth-order valence-electron chi connectivity index (χ4n) is 1.56. The van der Waals surface area contributed by atoms with Gasteiger partial charge in [-0.25, -0.2) is 0 Å². The summed E-state index contributed by atoms with van der Waals surface area (Å²) in [6.45, 7) is 4.13. The van der Waals surface area contributed by atoms with Crippen LogP contribution in [0.4, 0.5) is 0 Å². The number of phenols is 1. The molecule has 0 fully saturated rings. The summed E-state index contributed by atoms with van der Waals surface area (Å²) in [5.74, 6) is 0.576. The van der Waals surface area contributed by atoms with Crippen molar-refractivity contribution >= 4 is 0 Å². The largest absolute Gasteiger partial charge is 0.504 e. The van der Waals surface area contributed by atoms with Crippen LogP contribution in [0.5, 0.6) is 11.5 Å². The first-order chi connectivity index (χ1) is 7.02. The third kappa shape index (κ3) is 2.06. The van der Waals surface area contributed by atoms with Crippen molar-refractivity contribution in [2.24, 2.45) is 11.5 Å². The number of aromatic hydroxyl groups is 1. The first-order valence-electron chi connectivity index (χ1n) is 4.85. The maximum absolute atomic E-state index is 9.94. The number of hydrogen-bond donors (Lipinski definition) is 3. The molecular formula is C11H18N2O2. The van der Waals surface area contributed by atoms with Crippen molar-refractivity contribution in [3.63, 3.8) is 0 Å². The van der Waals surface area contributed by atoms with Crippen LogP contribution in [0.3, 0.4) is 0 Å². The van der Waals surface area contributed by atoms with Crippen molar-refractivity contribution in [3.8, 4) is 11.5 Å². The zero-order valence-corrected chi connectivity index (χ0v) is 9.37. The maximum Gasteiger partial charge on any atom is 0.163 e. The van der Waals surface area contributed by atoms with Gasteiger partial charge in [0.05, 0.1) is 7.11 Å². The van der Waals surface area contributed by atoms with E-state index in [4.69, 9.17) is 16.2 Å². The summed E-state index contributed by atoms with van der Waals surface area (Å²) in [7, 11) is 1.53. The molecule has 5 N–H and O–H groups in total. The van der Waals surface area contributed by atoms with Gasteiger partial charge in [0.25, 0.3) is 0 Å². The predicted octanol–water partition coefficient (Wildman–Crippen LogP) is 0.976. The number of benzene rings is 1. The first kappa shape index (κ1) is 11.8. The van der Waals surface area contributed by atoms with Crippen molar-refractivity contribution in [2.45, 2.75) is 19.9 Å². The lowest BCUT2D eigenvalue weighted by atomic mass is 9.99. The Hall–Kier alpha value is -1.26. The van der Waals surface area contributed by atoms with Crippen molar-refractivity contribution in [1.82, 2.24) is 0 Å². The Morgan fingerprint density at radius 1 is 1.47 bits per heavy atom. The molecule has 0 aromatic heterocycles. The molecule has 0 saturated heterocycles. The molecule has 15 heavy (non-hydrogen) atoms. The highest BCUT2D eigenvalue weighted by atomic mass is 16.5. The maximum atomic E-state index is 9.94. The summed E-state index contributed by atoms with van der Waals surface area (Å²) >= 11 is 0. The van der Waals surface area contributed by atoms with Gasteiger partial charge in [-0.3, -0.25) is 0 Å². The van der Waals surface area contributed by atoms with E-state index in [-0.39, 0.29) is 11.8 Å². The summed E-state index contributed by atoms with van der Waals surface area (Å²) < 4.78 is 5.15.